The lowest BCUT2D eigenvalue weighted by Crippen LogP contribution is -2.26. The van der Waals surface area contributed by atoms with Gasteiger partial charge in [-0.05, 0) is 36.2 Å². The lowest BCUT2D eigenvalue weighted by molar-refractivity contribution is -0.145. The molecule has 0 aliphatic heterocycles. The Morgan fingerprint density at radius 3 is 2.50 bits per heavy atom. The van der Waals surface area contributed by atoms with E-state index < -0.39 is 23.5 Å². The van der Waals surface area contributed by atoms with Crippen molar-refractivity contribution in [3.05, 3.63) is 69.2 Å². The smallest absolute Gasteiger partial charge is 0.306 e. The summed E-state index contributed by atoms with van der Waals surface area (Å²) >= 11 is 11.7. The fourth-order valence-electron chi connectivity index (χ4n) is 2.07. The molecule has 26 heavy (non-hydrogen) atoms. The molecule has 4 nitrogen and oxygen atoms in total. The molecule has 0 fully saturated rings. The number of hydrogen-bond donors (Lipinski definition) is 1. The van der Waals surface area contributed by atoms with Crippen molar-refractivity contribution in [2.45, 2.75) is 19.4 Å². The average Bonchev–Trinajstić information content (AvgIpc) is 2.59. The number of hydrogen-bond acceptors (Lipinski definition) is 3. The molecule has 0 bridgehead atoms. The van der Waals surface area contributed by atoms with Gasteiger partial charge in [-0.1, -0.05) is 29.3 Å². The maximum Gasteiger partial charge on any atom is 0.306 e. The van der Waals surface area contributed by atoms with E-state index in [1.165, 1.54) is 0 Å². The third-order valence-corrected chi connectivity index (χ3v) is 4.14. The molecule has 0 atom stereocenters. The van der Waals surface area contributed by atoms with Crippen LogP contribution in [0, 0.1) is 11.6 Å². The van der Waals surface area contributed by atoms with Crippen LogP contribution in [0.25, 0.3) is 0 Å². The van der Waals surface area contributed by atoms with Gasteiger partial charge in [-0.25, -0.2) is 8.78 Å². The van der Waals surface area contributed by atoms with Crippen molar-refractivity contribution >= 4 is 35.1 Å². The Labute approximate surface area is 159 Å². The Balaban J connectivity index is 1.69. The molecular formula is C18H15Cl2F2NO3. The van der Waals surface area contributed by atoms with Crippen LogP contribution >= 0.6 is 23.2 Å². The summed E-state index contributed by atoms with van der Waals surface area (Å²) in [5, 5.41) is 3.24. The van der Waals surface area contributed by atoms with Crippen LogP contribution in [0.4, 0.5) is 8.78 Å². The van der Waals surface area contributed by atoms with Gasteiger partial charge in [0, 0.05) is 19.0 Å². The lowest BCUT2D eigenvalue weighted by Gasteiger charge is -2.07. The summed E-state index contributed by atoms with van der Waals surface area (Å²) in [5.41, 5.74) is 0.446. The van der Waals surface area contributed by atoms with E-state index in [1.807, 2.05) is 0 Å². The Hall–Kier alpha value is -2.18. The Bertz CT molecular complexity index is 815. The maximum absolute atomic E-state index is 13.5. The van der Waals surface area contributed by atoms with Gasteiger partial charge >= 0.3 is 5.97 Å². The van der Waals surface area contributed by atoms with Crippen molar-refractivity contribution in [1.29, 1.82) is 0 Å². The average molecular weight is 402 g/mol. The van der Waals surface area contributed by atoms with Crippen LogP contribution < -0.4 is 5.32 Å². The molecule has 8 heteroatoms. The molecular weight excluding hydrogens is 387 g/mol. The first-order valence-corrected chi connectivity index (χ1v) is 8.45. The van der Waals surface area contributed by atoms with Gasteiger partial charge in [0.2, 0.25) is 0 Å². The number of esters is 1. The molecule has 0 aliphatic carbocycles. The topological polar surface area (TPSA) is 55.4 Å². The number of nitrogens with one attached hydrogen (secondary N) is 1. The zero-order valence-electron chi connectivity index (χ0n) is 13.5. The summed E-state index contributed by atoms with van der Waals surface area (Å²) in [6, 6.07) is 7.60. The molecule has 0 aromatic heterocycles. The predicted octanol–water partition coefficient (Wildman–Crippen LogP) is 4.53. The molecule has 0 unspecified atom stereocenters. The number of benzene rings is 2. The van der Waals surface area contributed by atoms with Gasteiger partial charge in [-0.3, -0.25) is 9.59 Å². The fourth-order valence-corrected chi connectivity index (χ4v) is 2.39. The van der Waals surface area contributed by atoms with Crippen LogP contribution in [0.1, 0.15) is 28.8 Å². The highest BCUT2D eigenvalue weighted by molar-refractivity contribution is 6.42. The summed E-state index contributed by atoms with van der Waals surface area (Å²) in [7, 11) is 0. The van der Waals surface area contributed by atoms with Crippen molar-refractivity contribution in [3.63, 3.8) is 0 Å². The van der Waals surface area contributed by atoms with Crippen LogP contribution in [-0.4, -0.2) is 18.4 Å². The van der Waals surface area contributed by atoms with E-state index in [4.69, 9.17) is 27.9 Å². The van der Waals surface area contributed by atoms with E-state index in [9.17, 15) is 18.4 Å². The van der Waals surface area contributed by atoms with Gasteiger partial charge in [0.15, 0.2) is 0 Å². The molecule has 0 spiro atoms. The first kappa shape index (κ1) is 20.1. The summed E-state index contributed by atoms with van der Waals surface area (Å²) in [4.78, 5) is 23.5. The zero-order chi connectivity index (χ0) is 19.1. The summed E-state index contributed by atoms with van der Waals surface area (Å²) in [6.45, 7) is 0.209. The molecule has 0 radical (unpaired) electrons. The highest BCUT2D eigenvalue weighted by Crippen LogP contribution is 2.22. The maximum atomic E-state index is 13.5. The third-order valence-electron chi connectivity index (χ3n) is 3.40. The number of rotatable bonds is 7. The van der Waals surface area contributed by atoms with Crippen molar-refractivity contribution in [2.75, 3.05) is 6.54 Å². The first-order valence-electron chi connectivity index (χ1n) is 7.69. The standard InChI is InChI=1S/C18H15Cl2F2NO3/c19-14-6-3-11(8-15(14)20)10-26-17(24)2-1-7-23-18(25)13-5-4-12(21)9-16(13)22/h3-6,8-9H,1-2,7,10H2,(H,23,25). The number of ether oxygens (including phenoxy) is 1. The van der Waals surface area contributed by atoms with Crippen LogP contribution in [0.3, 0.4) is 0 Å². The van der Waals surface area contributed by atoms with Crippen LogP contribution in [0.2, 0.25) is 10.0 Å². The summed E-state index contributed by atoms with van der Waals surface area (Å²) < 4.78 is 31.4. The number of carbonyl (C=O) groups is 2. The Morgan fingerprint density at radius 2 is 1.81 bits per heavy atom. The van der Waals surface area contributed by atoms with Crippen LogP contribution in [0.5, 0.6) is 0 Å². The monoisotopic (exact) mass is 401 g/mol. The van der Waals surface area contributed by atoms with Gasteiger partial charge < -0.3 is 10.1 Å². The second kappa shape index (κ2) is 9.50. The lowest BCUT2D eigenvalue weighted by atomic mass is 10.2. The highest BCUT2D eigenvalue weighted by Gasteiger charge is 2.12. The summed E-state index contributed by atoms with van der Waals surface area (Å²) in [6.07, 6.45) is 0.391. The van der Waals surface area contributed by atoms with E-state index in [0.29, 0.717) is 28.1 Å². The van der Waals surface area contributed by atoms with E-state index in [1.54, 1.807) is 18.2 Å². The minimum Gasteiger partial charge on any atom is -0.461 e. The molecule has 2 rings (SSSR count). The van der Waals surface area contributed by atoms with Crippen molar-refractivity contribution in [1.82, 2.24) is 5.32 Å². The molecule has 0 saturated carbocycles. The van der Waals surface area contributed by atoms with E-state index in [0.717, 1.165) is 12.1 Å². The largest absolute Gasteiger partial charge is 0.461 e. The molecule has 0 saturated heterocycles. The van der Waals surface area contributed by atoms with Gasteiger partial charge in [-0.15, -0.1) is 0 Å². The molecule has 2 aromatic carbocycles. The fraction of sp³-hybridized carbons (Fsp3) is 0.222. The van der Waals surface area contributed by atoms with E-state index in [2.05, 4.69) is 5.32 Å². The van der Waals surface area contributed by atoms with Gasteiger partial charge in [-0.2, -0.15) is 0 Å². The molecule has 0 aliphatic rings. The zero-order valence-corrected chi connectivity index (χ0v) is 15.0. The van der Waals surface area contributed by atoms with Crippen molar-refractivity contribution in [3.8, 4) is 0 Å². The first-order chi connectivity index (χ1) is 12.4. The molecule has 138 valence electrons. The molecule has 1 N–H and O–H groups in total. The second-order valence-corrected chi connectivity index (χ2v) is 6.21. The predicted molar refractivity (Wildman–Crippen MR) is 94.2 cm³/mol. The van der Waals surface area contributed by atoms with Crippen molar-refractivity contribution < 1.29 is 23.1 Å². The molecule has 1 amide bonds. The van der Waals surface area contributed by atoms with Crippen LogP contribution in [0.15, 0.2) is 36.4 Å². The molecule has 2 aromatic rings. The SMILES string of the molecule is O=C(CCCNC(=O)c1ccc(F)cc1F)OCc1ccc(Cl)c(Cl)c1. The quantitative estimate of drug-likeness (QED) is 0.547. The van der Waals surface area contributed by atoms with Gasteiger partial charge in [0.25, 0.3) is 5.91 Å². The third kappa shape index (κ3) is 5.97. The minimum atomic E-state index is -0.941. The normalized spacial score (nSPS) is 10.5. The number of carbonyl (C=O) groups excluding carboxylic acids is 2. The highest BCUT2D eigenvalue weighted by atomic mass is 35.5. The Morgan fingerprint density at radius 1 is 1.04 bits per heavy atom. The van der Waals surface area contributed by atoms with E-state index in [-0.39, 0.29) is 25.1 Å². The minimum absolute atomic E-state index is 0.0584. The van der Waals surface area contributed by atoms with E-state index >= 15 is 0 Å². The van der Waals surface area contributed by atoms with Gasteiger partial charge in [0.1, 0.15) is 18.2 Å². The Kier molecular flexibility index (Phi) is 7.36. The second-order valence-electron chi connectivity index (χ2n) is 5.39. The number of amides is 1. The van der Waals surface area contributed by atoms with Crippen molar-refractivity contribution in [2.24, 2.45) is 0 Å². The molecule has 0 heterocycles. The number of halogens is 4. The van der Waals surface area contributed by atoms with Crippen LogP contribution in [-0.2, 0) is 16.1 Å². The summed E-state index contributed by atoms with van der Waals surface area (Å²) in [5.74, 6) is -2.82. The van der Waals surface area contributed by atoms with Gasteiger partial charge in [0.05, 0.1) is 15.6 Å².